The van der Waals surface area contributed by atoms with Crippen molar-refractivity contribution in [2.45, 2.75) is 6.92 Å². The van der Waals surface area contributed by atoms with Crippen LogP contribution >= 0.6 is 0 Å². The van der Waals surface area contributed by atoms with Crippen LogP contribution in [0.2, 0.25) is 0 Å². The minimum Gasteiger partial charge on any atom is -0.305 e. The second kappa shape index (κ2) is 4.14. The number of fused-ring (bicyclic) bond motifs is 1. The summed E-state index contributed by atoms with van der Waals surface area (Å²) in [4.78, 5) is 14.9. The Kier molecular flexibility index (Phi) is 2.46. The first-order chi connectivity index (χ1) is 9.20. The normalized spacial score (nSPS) is 10.5. The van der Waals surface area contributed by atoms with E-state index in [4.69, 9.17) is 5.26 Å². The van der Waals surface area contributed by atoms with Crippen LogP contribution < -0.4 is 5.69 Å². The predicted molar refractivity (Wildman–Crippen MR) is 73.3 cm³/mol. The number of aromatic nitrogens is 2. The van der Waals surface area contributed by atoms with Gasteiger partial charge in [-0.2, -0.15) is 5.26 Å². The molecule has 0 atom stereocenters. The van der Waals surface area contributed by atoms with E-state index in [0.717, 1.165) is 22.3 Å². The van der Waals surface area contributed by atoms with Crippen LogP contribution in [0.1, 0.15) is 11.1 Å². The van der Waals surface area contributed by atoms with Crippen molar-refractivity contribution < 1.29 is 0 Å². The van der Waals surface area contributed by atoms with Gasteiger partial charge >= 0.3 is 5.69 Å². The lowest BCUT2D eigenvalue weighted by atomic mass is 10.1. The summed E-state index contributed by atoms with van der Waals surface area (Å²) < 4.78 is 1.61. The summed E-state index contributed by atoms with van der Waals surface area (Å²) in [6.45, 7) is 1.86. The molecule has 4 heteroatoms. The maximum atomic E-state index is 12.0. The maximum absolute atomic E-state index is 12.0. The molecule has 1 heterocycles. The van der Waals surface area contributed by atoms with Gasteiger partial charge in [-0.3, -0.25) is 4.57 Å². The molecule has 1 N–H and O–H groups in total. The van der Waals surface area contributed by atoms with Crippen molar-refractivity contribution in [3.63, 3.8) is 0 Å². The van der Waals surface area contributed by atoms with Gasteiger partial charge in [-0.25, -0.2) is 4.79 Å². The number of nitriles is 1. The van der Waals surface area contributed by atoms with E-state index < -0.39 is 0 Å². The van der Waals surface area contributed by atoms with Crippen LogP contribution in [0.15, 0.2) is 47.3 Å². The van der Waals surface area contributed by atoms with Gasteiger partial charge in [0, 0.05) is 0 Å². The van der Waals surface area contributed by atoms with Gasteiger partial charge in [0.25, 0.3) is 0 Å². The molecule has 0 spiro atoms. The SMILES string of the molecule is Cc1cc(-n2c(=O)[nH]c3ccccc32)ccc1C#N. The highest BCUT2D eigenvalue weighted by atomic mass is 16.1. The van der Waals surface area contributed by atoms with Crippen LogP contribution in [-0.4, -0.2) is 9.55 Å². The molecule has 1 aromatic heterocycles. The molecular weight excluding hydrogens is 238 g/mol. The standard InChI is InChI=1S/C15H11N3O/c1-10-8-12(7-6-11(10)9-16)18-14-5-3-2-4-13(14)17-15(18)19/h2-8H,1H3,(H,17,19). The molecule has 0 aliphatic heterocycles. The topological polar surface area (TPSA) is 61.6 Å². The Morgan fingerprint density at radius 2 is 2.00 bits per heavy atom. The van der Waals surface area contributed by atoms with Gasteiger partial charge in [-0.05, 0) is 42.8 Å². The summed E-state index contributed by atoms with van der Waals surface area (Å²) in [5.74, 6) is 0. The van der Waals surface area contributed by atoms with Crippen LogP contribution in [0.3, 0.4) is 0 Å². The van der Waals surface area contributed by atoms with Gasteiger partial charge < -0.3 is 4.98 Å². The van der Waals surface area contributed by atoms with E-state index in [-0.39, 0.29) is 5.69 Å². The van der Waals surface area contributed by atoms with Crippen molar-refractivity contribution in [3.8, 4) is 11.8 Å². The van der Waals surface area contributed by atoms with Crippen LogP contribution in [-0.2, 0) is 0 Å². The number of benzene rings is 2. The van der Waals surface area contributed by atoms with E-state index >= 15 is 0 Å². The van der Waals surface area contributed by atoms with Crippen molar-refractivity contribution in [2.24, 2.45) is 0 Å². The van der Waals surface area contributed by atoms with Gasteiger partial charge in [0.05, 0.1) is 28.4 Å². The van der Waals surface area contributed by atoms with E-state index in [0.29, 0.717) is 5.56 Å². The highest BCUT2D eigenvalue weighted by molar-refractivity contribution is 5.77. The fraction of sp³-hybridized carbons (Fsp3) is 0.0667. The van der Waals surface area contributed by atoms with Crippen molar-refractivity contribution in [2.75, 3.05) is 0 Å². The third-order valence-corrected chi connectivity index (χ3v) is 3.18. The van der Waals surface area contributed by atoms with E-state index in [2.05, 4.69) is 11.1 Å². The summed E-state index contributed by atoms with van der Waals surface area (Å²) in [5, 5.41) is 8.94. The van der Waals surface area contributed by atoms with E-state index in [1.54, 1.807) is 16.7 Å². The molecule has 0 aliphatic rings. The zero-order valence-corrected chi connectivity index (χ0v) is 10.3. The molecule has 0 fully saturated rings. The Bertz CT molecular complexity index is 865. The van der Waals surface area contributed by atoms with Crippen LogP contribution in [0.4, 0.5) is 0 Å². The molecule has 0 saturated heterocycles. The molecule has 3 rings (SSSR count). The number of rotatable bonds is 1. The van der Waals surface area contributed by atoms with Gasteiger partial charge in [-0.1, -0.05) is 12.1 Å². The smallest absolute Gasteiger partial charge is 0.305 e. The first kappa shape index (κ1) is 11.3. The number of nitrogens with one attached hydrogen (secondary N) is 1. The molecule has 0 amide bonds. The molecular formula is C15H11N3O. The van der Waals surface area contributed by atoms with Crippen LogP contribution in [0.5, 0.6) is 0 Å². The van der Waals surface area contributed by atoms with Crippen molar-refractivity contribution in [1.29, 1.82) is 5.26 Å². The van der Waals surface area contributed by atoms with E-state index in [1.165, 1.54) is 0 Å². The van der Waals surface area contributed by atoms with Crippen molar-refractivity contribution in [3.05, 3.63) is 64.1 Å². The fourth-order valence-corrected chi connectivity index (χ4v) is 2.22. The lowest BCUT2D eigenvalue weighted by Gasteiger charge is -2.05. The minimum absolute atomic E-state index is 0.176. The number of para-hydroxylation sites is 2. The second-order valence-electron chi connectivity index (χ2n) is 4.39. The number of aromatic amines is 1. The zero-order valence-electron chi connectivity index (χ0n) is 10.3. The summed E-state index contributed by atoms with van der Waals surface area (Å²) in [7, 11) is 0. The molecule has 4 nitrogen and oxygen atoms in total. The number of nitrogens with zero attached hydrogens (tertiary/aromatic N) is 2. The van der Waals surface area contributed by atoms with E-state index in [1.807, 2.05) is 37.3 Å². The van der Waals surface area contributed by atoms with Gasteiger partial charge in [-0.15, -0.1) is 0 Å². The number of H-pyrrole nitrogens is 1. The van der Waals surface area contributed by atoms with E-state index in [9.17, 15) is 4.79 Å². The summed E-state index contributed by atoms with van der Waals surface area (Å²) in [6, 6.07) is 15.0. The first-order valence-corrected chi connectivity index (χ1v) is 5.91. The number of aryl methyl sites for hydroxylation is 1. The quantitative estimate of drug-likeness (QED) is 0.720. The average molecular weight is 249 g/mol. The third-order valence-electron chi connectivity index (χ3n) is 3.18. The number of hydrogen-bond donors (Lipinski definition) is 1. The molecule has 92 valence electrons. The van der Waals surface area contributed by atoms with Crippen LogP contribution in [0, 0.1) is 18.3 Å². The molecule has 3 aromatic rings. The largest absolute Gasteiger partial charge is 0.331 e. The third kappa shape index (κ3) is 1.72. The number of hydrogen-bond acceptors (Lipinski definition) is 2. The molecule has 19 heavy (non-hydrogen) atoms. The monoisotopic (exact) mass is 249 g/mol. The second-order valence-corrected chi connectivity index (χ2v) is 4.39. The van der Waals surface area contributed by atoms with Gasteiger partial charge in [0.15, 0.2) is 0 Å². The van der Waals surface area contributed by atoms with Crippen molar-refractivity contribution in [1.82, 2.24) is 9.55 Å². The predicted octanol–water partition coefficient (Wildman–Crippen LogP) is 2.50. The highest BCUT2D eigenvalue weighted by Crippen LogP contribution is 2.17. The Labute approximate surface area is 109 Å². The fourth-order valence-electron chi connectivity index (χ4n) is 2.22. The van der Waals surface area contributed by atoms with Gasteiger partial charge in [0.2, 0.25) is 0 Å². The number of imidazole rings is 1. The van der Waals surface area contributed by atoms with Gasteiger partial charge in [0.1, 0.15) is 0 Å². The Morgan fingerprint density at radius 1 is 1.21 bits per heavy atom. The Morgan fingerprint density at radius 3 is 2.74 bits per heavy atom. The Balaban J connectivity index is 2.31. The summed E-state index contributed by atoms with van der Waals surface area (Å²) in [6.07, 6.45) is 0. The molecule has 0 radical (unpaired) electrons. The summed E-state index contributed by atoms with van der Waals surface area (Å²) in [5.41, 5.74) is 3.70. The van der Waals surface area contributed by atoms with Crippen LogP contribution in [0.25, 0.3) is 16.7 Å². The molecule has 0 bridgehead atoms. The molecule has 2 aromatic carbocycles. The maximum Gasteiger partial charge on any atom is 0.331 e. The highest BCUT2D eigenvalue weighted by Gasteiger charge is 2.09. The minimum atomic E-state index is -0.176. The Hall–Kier alpha value is -2.80. The zero-order chi connectivity index (χ0) is 13.4. The van der Waals surface area contributed by atoms with Crippen molar-refractivity contribution >= 4 is 11.0 Å². The average Bonchev–Trinajstić information content (AvgIpc) is 2.74. The molecule has 0 saturated carbocycles. The summed E-state index contributed by atoms with van der Waals surface area (Å²) >= 11 is 0. The lowest BCUT2D eigenvalue weighted by molar-refractivity contribution is 1.01. The molecule has 0 unspecified atom stereocenters. The molecule has 0 aliphatic carbocycles. The lowest BCUT2D eigenvalue weighted by Crippen LogP contribution is -2.14. The first-order valence-electron chi connectivity index (χ1n) is 5.91.